The zero-order chi connectivity index (χ0) is 21.1. The van der Waals surface area contributed by atoms with Crippen LogP contribution in [-0.4, -0.2) is 34.7 Å². The molecule has 0 aliphatic carbocycles. The number of carbonyl (C=O) groups excluding carboxylic acids is 1. The Bertz CT molecular complexity index is 1200. The van der Waals surface area contributed by atoms with Gasteiger partial charge in [0.2, 0.25) is 0 Å². The quantitative estimate of drug-likeness (QED) is 0.534. The highest BCUT2D eigenvalue weighted by Crippen LogP contribution is 2.37. The third-order valence-corrected chi connectivity index (χ3v) is 5.03. The number of amides is 1. The number of carbonyl (C=O) groups is 1. The summed E-state index contributed by atoms with van der Waals surface area (Å²) >= 11 is 0. The Balaban J connectivity index is 1.81. The smallest absolute Gasteiger partial charge is 0.271 e. The molecule has 1 N–H and O–H groups in total. The third-order valence-electron chi connectivity index (χ3n) is 5.03. The van der Waals surface area contributed by atoms with E-state index in [9.17, 15) is 4.79 Å². The summed E-state index contributed by atoms with van der Waals surface area (Å²) in [5.74, 6) is 1.48. The summed E-state index contributed by atoms with van der Waals surface area (Å²) in [5, 5.41) is 4.83. The molecule has 0 bridgehead atoms. The second kappa shape index (κ2) is 8.24. The summed E-state index contributed by atoms with van der Waals surface area (Å²) in [7, 11) is 5.03. The van der Waals surface area contributed by atoms with Crippen molar-refractivity contribution in [1.29, 1.82) is 0 Å². The molecule has 7 heteroatoms. The minimum absolute atomic E-state index is 0.301. The number of nitrogens with zero attached hydrogens (tertiary/aromatic N) is 3. The van der Waals surface area contributed by atoms with Crippen molar-refractivity contribution < 1.29 is 14.3 Å². The topological polar surface area (TPSA) is 78.3 Å². The molecule has 0 aliphatic heterocycles. The fourth-order valence-corrected chi connectivity index (χ4v) is 3.58. The number of methoxy groups -OCH3 is 2. The van der Waals surface area contributed by atoms with Gasteiger partial charge in [-0.3, -0.25) is 9.78 Å². The molecule has 1 atom stereocenters. The first-order chi connectivity index (χ1) is 14.6. The molecule has 7 nitrogen and oxygen atoms in total. The molecule has 4 rings (SSSR count). The average Bonchev–Trinajstić information content (AvgIpc) is 3.21. The molecule has 0 aliphatic rings. The molecular weight excluding hydrogens is 380 g/mol. The van der Waals surface area contributed by atoms with Crippen molar-refractivity contribution in [3.8, 4) is 11.5 Å². The van der Waals surface area contributed by atoms with E-state index in [0.717, 1.165) is 16.3 Å². The third kappa shape index (κ3) is 3.45. The maximum atomic E-state index is 13.3. The number of hydrogen-bond acceptors (Lipinski definition) is 5. The lowest BCUT2D eigenvalue weighted by atomic mass is 10.0. The second-order valence-electron chi connectivity index (χ2n) is 6.77. The van der Waals surface area contributed by atoms with Gasteiger partial charge in [-0.05, 0) is 17.5 Å². The fraction of sp³-hybridized carbons (Fsp3) is 0.174. The number of rotatable bonds is 6. The molecule has 2 heterocycles. The number of aryl methyl sites for hydroxylation is 1. The number of fused-ring (bicyclic) bond motifs is 1. The van der Waals surface area contributed by atoms with E-state index in [1.807, 2.05) is 66.3 Å². The van der Waals surface area contributed by atoms with Crippen LogP contribution in [-0.2, 0) is 7.05 Å². The molecule has 1 amide bonds. The highest BCUT2D eigenvalue weighted by Gasteiger charge is 2.27. The van der Waals surface area contributed by atoms with Gasteiger partial charge in [0.05, 0.1) is 14.2 Å². The molecule has 0 fully saturated rings. The summed E-state index contributed by atoms with van der Waals surface area (Å²) < 4.78 is 12.9. The first-order valence-corrected chi connectivity index (χ1v) is 9.46. The Morgan fingerprint density at radius 3 is 2.57 bits per heavy atom. The van der Waals surface area contributed by atoms with Crippen molar-refractivity contribution >= 4 is 16.7 Å². The Kier molecular flexibility index (Phi) is 5.34. The van der Waals surface area contributed by atoms with Crippen molar-refractivity contribution in [3.05, 3.63) is 84.2 Å². The van der Waals surface area contributed by atoms with E-state index in [2.05, 4.69) is 15.3 Å². The van der Waals surface area contributed by atoms with E-state index in [1.54, 1.807) is 26.6 Å². The van der Waals surface area contributed by atoms with Crippen molar-refractivity contribution in [2.75, 3.05) is 14.2 Å². The Hall–Kier alpha value is -3.87. The maximum absolute atomic E-state index is 13.3. The molecule has 0 saturated carbocycles. The second-order valence-corrected chi connectivity index (χ2v) is 6.77. The van der Waals surface area contributed by atoms with Crippen LogP contribution in [0.15, 0.2) is 67.1 Å². The van der Waals surface area contributed by atoms with Crippen LogP contribution in [0, 0.1) is 0 Å². The highest BCUT2D eigenvalue weighted by molar-refractivity contribution is 6.05. The maximum Gasteiger partial charge on any atom is 0.271 e. The minimum atomic E-state index is -0.566. The Morgan fingerprint density at radius 2 is 1.83 bits per heavy atom. The molecule has 2 aromatic heterocycles. The first-order valence-electron chi connectivity index (χ1n) is 9.46. The van der Waals surface area contributed by atoms with E-state index in [-0.39, 0.29) is 5.91 Å². The molecule has 0 radical (unpaired) electrons. The van der Waals surface area contributed by atoms with E-state index >= 15 is 0 Å². The van der Waals surface area contributed by atoms with Gasteiger partial charge in [-0.25, -0.2) is 4.98 Å². The fourth-order valence-electron chi connectivity index (χ4n) is 3.58. The summed E-state index contributed by atoms with van der Waals surface area (Å²) in [4.78, 5) is 22.1. The van der Waals surface area contributed by atoms with Gasteiger partial charge in [-0.2, -0.15) is 0 Å². The average molecular weight is 402 g/mol. The normalized spacial score (nSPS) is 11.8. The highest BCUT2D eigenvalue weighted by atomic mass is 16.5. The zero-order valence-corrected chi connectivity index (χ0v) is 17.0. The molecule has 0 saturated heterocycles. The van der Waals surface area contributed by atoms with Crippen LogP contribution in [0.4, 0.5) is 0 Å². The van der Waals surface area contributed by atoms with Crippen LogP contribution in [0.1, 0.15) is 27.9 Å². The summed E-state index contributed by atoms with van der Waals surface area (Å²) in [6.45, 7) is 0. The van der Waals surface area contributed by atoms with Gasteiger partial charge in [0, 0.05) is 36.6 Å². The number of hydrogen-bond donors (Lipinski definition) is 1. The zero-order valence-electron chi connectivity index (χ0n) is 17.0. The standard InChI is InChI=1S/C23H22N4O3/c1-27-14-13-25-22(27)19(17-9-6-10-18(29-2)21(17)30-3)26-23(28)20-16-8-5-4-7-15(16)11-12-24-20/h4-14,19H,1-3H3,(H,26,28). The molecule has 30 heavy (non-hydrogen) atoms. The van der Waals surface area contributed by atoms with E-state index in [4.69, 9.17) is 9.47 Å². The van der Waals surface area contributed by atoms with Crippen LogP contribution in [0.3, 0.4) is 0 Å². The number of para-hydroxylation sites is 1. The number of pyridine rings is 1. The van der Waals surface area contributed by atoms with Crippen LogP contribution >= 0.6 is 0 Å². The van der Waals surface area contributed by atoms with E-state index < -0.39 is 6.04 Å². The summed E-state index contributed by atoms with van der Waals surface area (Å²) in [6.07, 6.45) is 5.16. The van der Waals surface area contributed by atoms with Crippen LogP contribution in [0.25, 0.3) is 10.8 Å². The lowest BCUT2D eigenvalue weighted by Gasteiger charge is -2.22. The van der Waals surface area contributed by atoms with Gasteiger partial charge in [0.15, 0.2) is 11.5 Å². The van der Waals surface area contributed by atoms with Crippen molar-refractivity contribution in [3.63, 3.8) is 0 Å². The molecule has 2 aromatic carbocycles. The predicted octanol–water partition coefficient (Wildman–Crippen LogP) is 3.50. The number of nitrogens with one attached hydrogen (secondary N) is 1. The summed E-state index contributed by atoms with van der Waals surface area (Å²) in [5.41, 5.74) is 1.09. The van der Waals surface area contributed by atoms with Crippen LogP contribution in [0.5, 0.6) is 11.5 Å². The lowest BCUT2D eigenvalue weighted by Crippen LogP contribution is -2.32. The Morgan fingerprint density at radius 1 is 1.00 bits per heavy atom. The number of imidazole rings is 1. The summed E-state index contributed by atoms with van der Waals surface area (Å²) in [6, 6.07) is 14.5. The van der Waals surface area contributed by atoms with Crippen molar-refractivity contribution in [2.24, 2.45) is 7.05 Å². The minimum Gasteiger partial charge on any atom is -0.493 e. The van der Waals surface area contributed by atoms with Gasteiger partial charge in [0.1, 0.15) is 17.6 Å². The van der Waals surface area contributed by atoms with Crippen molar-refractivity contribution in [1.82, 2.24) is 19.9 Å². The number of aromatic nitrogens is 3. The molecule has 1 unspecified atom stereocenters. The lowest BCUT2D eigenvalue weighted by molar-refractivity contribution is 0.0937. The van der Waals surface area contributed by atoms with E-state index in [0.29, 0.717) is 23.0 Å². The monoisotopic (exact) mass is 402 g/mol. The molecule has 0 spiro atoms. The molecular formula is C23H22N4O3. The van der Waals surface area contributed by atoms with Gasteiger partial charge in [-0.15, -0.1) is 0 Å². The number of benzene rings is 2. The van der Waals surface area contributed by atoms with Gasteiger partial charge in [0.25, 0.3) is 5.91 Å². The van der Waals surface area contributed by atoms with E-state index in [1.165, 1.54) is 0 Å². The number of ether oxygens (including phenoxy) is 2. The van der Waals surface area contributed by atoms with Gasteiger partial charge in [-0.1, -0.05) is 36.4 Å². The molecule has 4 aromatic rings. The Labute approximate surface area is 174 Å². The first kappa shape index (κ1) is 19.4. The predicted molar refractivity (Wildman–Crippen MR) is 114 cm³/mol. The van der Waals surface area contributed by atoms with Crippen LogP contribution in [0.2, 0.25) is 0 Å². The van der Waals surface area contributed by atoms with Crippen molar-refractivity contribution in [2.45, 2.75) is 6.04 Å². The van der Waals surface area contributed by atoms with Gasteiger partial charge >= 0.3 is 0 Å². The SMILES string of the molecule is COc1cccc(C(NC(=O)c2nccc3ccccc23)c2nccn2C)c1OC. The molecule has 152 valence electrons. The largest absolute Gasteiger partial charge is 0.493 e. The van der Waals surface area contributed by atoms with Gasteiger partial charge < -0.3 is 19.4 Å². The van der Waals surface area contributed by atoms with Crippen LogP contribution < -0.4 is 14.8 Å².